The van der Waals surface area contributed by atoms with Gasteiger partial charge in [-0.3, -0.25) is 28.8 Å². The smallest absolute Gasteiger partial charge is 0.333 e. The van der Waals surface area contributed by atoms with Crippen LogP contribution in [0, 0.1) is 0 Å². The minimum atomic E-state index is -0.681. The summed E-state index contributed by atoms with van der Waals surface area (Å²) in [6.45, 7) is 3.21. The van der Waals surface area contributed by atoms with E-state index in [2.05, 4.69) is 21.9 Å². The van der Waals surface area contributed by atoms with Crippen LogP contribution in [0.15, 0.2) is 71.0 Å². The molecular weight excluding hydrogens is 490 g/mol. The number of amides is 4. The van der Waals surface area contributed by atoms with Gasteiger partial charge in [-0.1, -0.05) is 59.9 Å². The molecule has 2 aliphatic rings. The highest BCUT2D eigenvalue weighted by molar-refractivity contribution is 7.10. The summed E-state index contributed by atoms with van der Waals surface area (Å²) in [4.78, 5) is 57.8. The summed E-state index contributed by atoms with van der Waals surface area (Å²) in [6.07, 6.45) is 1.47. The van der Waals surface area contributed by atoms with Gasteiger partial charge in [0.15, 0.2) is 0 Å². The highest BCUT2D eigenvalue weighted by Gasteiger charge is 2.38. The van der Waals surface area contributed by atoms with Crippen molar-refractivity contribution in [3.63, 3.8) is 0 Å². The van der Waals surface area contributed by atoms with E-state index >= 15 is 0 Å². The van der Waals surface area contributed by atoms with Gasteiger partial charge in [-0.05, 0) is 23.8 Å². The molecule has 0 aliphatic carbocycles. The van der Waals surface area contributed by atoms with E-state index < -0.39 is 17.8 Å². The summed E-state index contributed by atoms with van der Waals surface area (Å²) in [5, 5.41) is 0. The number of barbiturate groups is 1. The number of rotatable bonds is 5. The Bertz CT molecular complexity index is 1400. The maximum absolute atomic E-state index is 13.2. The first-order valence-corrected chi connectivity index (χ1v) is 12.8. The number of aromatic nitrogens is 1. The molecule has 0 unspecified atom stereocenters. The van der Waals surface area contributed by atoms with E-state index in [9.17, 15) is 19.2 Å². The van der Waals surface area contributed by atoms with Crippen LogP contribution in [-0.2, 0) is 16.1 Å². The summed E-state index contributed by atoms with van der Waals surface area (Å²) in [5.41, 5.74) is 1.98. The lowest BCUT2D eigenvalue weighted by atomic mass is 10.1. The molecule has 9 nitrogen and oxygen atoms in total. The van der Waals surface area contributed by atoms with Gasteiger partial charge in [-0.25, -0.2) is 4.79 Å². The molecule has 0 bridgehead atoms. The molecule has 0 saturated carbocycles. The average Bonchev–Trinajstić information content (AvgIpc) is 3.24. The number of nitrogens with zero attached hydrogens (tertiary/aromatic N) is 5. The predicted molar refractivity (Wildman–Crippen MR) is 144 cm³/mol. The molecule has 10 heteroatoms. The molecule has 190 valence electrons. The highest BCUT2D eigenvalue weighted by atomic mass is 32.1. The molecule has 0 N–H and O–H groups in total. The normalized spacial score (nSPS) is 16.6. The van der Waals surface area contributed by atoms with Gasteiger partial charge in [0.25, 0.3) is 11.8 Å². The third-order valence-corrected chi connectivity index (χ3v) is 7.61. The fourth-order valence-corrected chi connectivity index (χ4v) is 5.62. The van der Waals surface area contributed by atoms with Crippen LogP contribution >= 0.6 is 11.3 Å². The first kappa shape index (κ1) is 24.5. The quantitative estimate of drug-likeness (QED) is 0.382. The number of piperazine rings is 1. The van der Waals surface area contributed by atoms with Crippen molar-refractivity contribution in [1.29, 1.82) is 0 Å². The van der Waals surface area contributed by atoms with Crippen molar-refractivity contribution in [2.24, 2.45) is 0 Å². The number of likely N-dealkylation sites (N-methyl/N-ethyl adjacent to an activating group) is 2. The predicted octanol–water partition coefficient (Wildman–Crippen LogP) is 2.72. The Morgan fingerprint density at radius 2 is 1.30 bits per heavy atom. The van der Waals surface area contributed by atoms with Crippen molar-refractivity contribution in [3.05, 3.63) is 86.3 Å². The van der Waals surface area contributed by atoms with E-state index in [1.165, 1.54) is 20.2 Å². The van der Waals surface area contributed by atoms with Crippen molar-refractivity contribution in [1.82, 2.24) is 14.4 Å². The second kappa shape index (κ2) is 10.1. The van der Waals surface area contributed by atoms with Crippen LogP contribution in [0.5, 0.6) is 0 Å². The molecule has 2 aromatic carbocycles. The third-order valence-electron chi connectivity index (χ3n) is 6.70. The zero-order valence-electron chi connectivity index (χ0n) is 20.7. The SMILES string of the molecule is CN1C(=O)C(=Cc2sc(=O)n(Cc3ccccc3)c2N2CCN(c3ccccc3)CC2)C(=O)N(C)C1=O. The molecule has 4 amide bonds. The fourth-order valence-electron chi connectivity index (χ4n) is 4.66. The lowest BCUT2D eigenvalue weighted by Gasteiger charge is -2.37. The number of carbonyl (C=O) groups is 3. The van der Waals surface area contributed by atoms with Crippen LogP contribution in [0.4, 0.5) is 16.3 Å². The van der Waals surface area contributed by atoms with E-state index in [0.717, 1.165) is 45.5 Å². The molecule has 3 heterocycles. The maximum Gasteiger partial charge on any atom is 0.333 e. The molecule has 2 fully saturated rings. The minimum Gasteiger partial charge on any atom is -0.368 e. The maximum atomic E-state index is 13.2. The molecule has 37 heavy (non-hydrogen) atoms. The van der Waals surface area contributed by atoms with E-state index in [1.54, 1.807) is 4.57 Å². The van der Waals surface area contributed by atoms with Crippen molar-refractivity contribution in [2.75, 3.05) is 50.1 Å². The number of hydrogen-bond acceptors (Lipinski definition) is 7. The molecule has 2 saturated heterocycles. The Hall–Kier alpha value is -4.18. The van der Waals surface area contributed by atoms with Gasteiger partial charge in [-0.15, -0.1) is 0 Å². The summed E-state index contributed by atoms with van der Waals surface area (Å²) >= 11 is 1.00. The molecule has 2 aliphatic heterocycles. The van der Waals surface area contributed by atoms with Gasteiger partial charge in [0.1, 0.15) is 11.4 Å². The standard InChI is InChI=1S/C27H27N5O4S/c1-28-24(33)21(25(34)29(2)26(28)35)17-22-23(32(27(36)37-22)18-19-9-5-3-6-10-19)31-15-13-30(14-16-31)20-11-7-4-8-12-20/h3-12,17H,13-16,18H2,1-2H3. The molecule has 5 rings (SSSR count). The highest BCUT2D eigenvalue weighted by Crippen LogP contribution is 2.30. The van der Waals surface area contributed by atoms with Crippen LogP contribution in [-0.4, -0.2) is 72.5 Å². The minimum absolute atomic E-state index is 0.137. The first-order chi connectivity index (χ1) is 17.8. The lowest BCUT2D eigenvalue weighted by molar-refractivity contribution is -0.134. The Labute approximate surface area is 218 Å². The van der Waals surface area contributed by atoms with Crippen LogP contribution in [0.2, 0.25) is 0 Å². The molecule has 0 atom stereocenters. The van der Waals surface area contributed by atoms with Gasteiger partial charge in [0, 0.05) is 46.0 Å². The van der Waals surface area contributed by atoms with Crippen molar-refractivity contribution in [3.8, 4) is 0 Å². The van der Waals surface area contributed by atoms with Crippen LogP contribution < -0.4 is 14.7 Å². The van der Waals surface area contributed by atoms with Crippen molar-refractivity contribution >= 4 is 46.8 Å². The number of imide groups is 2. The number of hydrogen-bond donors (Lipinski definition) is 0. The number of carbonyl (C=O) groups excluding carboxylic acids is 3. The van der Waals surface area contributed by atoms with Gasteiger partial charge in [-0.2, -0.15) is 0 Å². The van der Waals surface area contributed by atoms with E-state index in [0.29, 0.717) is 30.3 Å². The largest absolute Gasteiger partial charge is 0.368 e. The van der Waals surface area contributed by atoms with E-state index in [4.69, 9.17) is 0 Å². The summed E-state index contributed by atoms with van der Waals surface area (Å²) in [6, 6.07) is 19.2. The third kappa shape index (κ3) is 4.67. The molecule has 0 spiro atoms. The molecular formula is C27H27N5O4S. The number of thiazole rings is 1. The van der Waals surface area contributed by atoms with E-state index in [-0.39, 0.29) is 10.4 Å². The number of urea groups is 1. The monoisotopic (exact) mass is 517 g/mol. The summed E-state index contributed by atoms with van der Waals surface area (Å²) in [5.74, 6) is -0.673. The Morgan fingerprint density at radius 1 is 0.757 bits per heavy atom. The number of para-hydroxylation sites is 1. The first-order valence-electron chi connectivity index (χ1n) is 12.0. The lowest BCUT2D eigenvalue weighted by Crippen LogP contribution is -2.53. The fraction of sp³-hybridized carbons (Fsp3) is 0.259. The van der Waals surface area contributed by atoms with Crippen LogP contribution in [0.3, 0.4) is 0 Å². The Balaban J connectivity index is 1.53. The number of anilines is 2. The Morgan fingerprint density at radius 3 is 1.89 bits per heavy atom. The van der Waals surface area contributed by atoms with Crippen LogP contribution in [0.1, 0.15) is 10.4 Å². The zero-order valence-corrected chi connectivity index (χ0v) is 21.5. The molecule has 0 radical (unpaired) electrons. The topological polar surface area (TPSA) is 86.2 Å². The van der Waals surface area contributed by atoms with Gasteiger partial charge >= 0.3 is 10.9 Å². The van der Waals surface area contributed by atoms with Crippen LogP contribution in [0.25, 0.3) is 6.08 Å². The zero-order chi connectivity index (χ0) is 26.1. The van der Waals surface area contributed by atoms with Crippen molar-refractivity contribution in [2.45, 2.75) is 6.54 Å². The number of benzene rings is 2. The Kier molecular flexibility index (Phi) is 6.66. The van der Waals surface area contributed by atoms with Gasteiger partial charge < -0.3 is 9.80 Å². The average molecular weight is 518 g/mol. The van der Waals surface area contributed by atoms with Crippen molar-refractivity contribution < 1.29 is 14.4 Å². The van der Waals surface area contributed by atoms with E-state index in [1.807, 2.05) is 48.5 Å². The molecule has 1 aromatic heterocycles. The second-order valence-corrected chi connectivity index (χ2v) is 10.00. The summed E-state index contributed by atoms with van der Waals surface area (Å²) in [7, 11) is 2.68. The van der Waals surface area contributed by atoms with Gasteiger partial charge in [0.2, 0.25) is 0 Å². The second-order valence-electron chi connectivity index (χ2n) is 9.01. The molecule has 3 aromatic rings. The van der Waals surface area contributed by atoms with Gasteiger partial charge in [0.05, 0.1) is 11.4 Å². The summed E-state index contributed by atoms with van der Waals surface area (Å²) < 4.78 is 1.71.